The van der Waals surface area contributed by atoms with Crippen molar-refractivity contribution < 1.29 is 19.1 Å². The van der Waals surface area contributed by atoms with Crippen LogP contribution in [0, 0.1) is 0 Å². The number of anilines is 1. The van der Waals surface area contributed by atoms with E-state index in [1.54, 1.807) is 60.7 Å². The normalized spacial score (nSPS) is 14.5. The first-order chi connectivity index (χ1) is 16.8. The summed E-state index contributed by atoms with van der Waals surface area (Å²) in [6.07, 6.45) is 1.51. The molecule has 0 aliphatic carbocycles. The van der Waals surface area contributed by atoms with Gasteiger partial charge in [0.1, 0.15) is 5.75 Å². The first kappa shape index (κ1) is 25.1. The third-order valence-corrected chi connectivity index (χ3v) is 6.78. The number of nitrogens with one attached hydrogen (secondary N) is 1. The van der Waals surface area contributed by atoms with E-state index in [9.17, 15) is 14.4 Å². The highest BCUT2D eigenvalue weighted by atomic mass is 35.5. The molecule has 0 atom stereocenters. The average Bonchev–Trinajstić information content (AvgIpc) is 3.08. The largest absolute Gasteiger partial charge is 0.483 e. The van der Waals surface area contributed by atoms with Crippen molar-refractivity contribution in [1.82, 2.24) is 4.90 Å². The molecule has 1 saturated heterocycles. The molecule has 0 unspecified atom stereocenters. The van der Waals surface area contributed by atoms with Gasteiger partial charge in [0.15, 0.2) is 6.61 Å². The molecule has 0 spiro atoms. The number of halogens is 3. The number of imide groups is 1. The Morgan fingerprint density at radius 3 is 2.40 bits per heavy atom. The van der Waals surface area contributed by atoms with Crippen LogP contribution in [0.4, 0.5) is 10.5 Å². The number of thioether (sulfide) groups is 1. The summed E-state index contributed by atoms with van der Waals surface area (Å²) in [6, 6.07) is 18.7. The van der Waals surface area contributed by atoms with Crippen LogP contribution in [0.2, 0.25) is 15.1 Å². The van der Waals surface area contributed by atoms with Crippen LogP contribution in [-0.2, 0) is 16.1 Å². The maximum Gasteiger partial charge on any atom is 0.293 e. The Kier molecular flexibility index (Phi) is 8.03. The molecular formula is C25H17Cl3N2O4S. The van der Waals surface area contributed by atoms with Crippen molar-refractivity contribution >= 4 is 75.4 Å². The molecule has 178 valence electrons. The number of hydrogen-bond donors (Lipinski definition) is 1. The third-order valence-electron chi connectivity index (χ3n) is 4.93. The van der Waals surface area contributed by atoms with Crippen molar-refractivity contribution in [3.63, 3.8) is 0 Å². The fourth-order valence-electron chi connectivity index (χ4n) is 3.24. The van der Waals surface area contributed by atoms with Crippen LogP contribution in [0.3, 0.4) is 0 Å². The van der Waals surface area contributed by atoms with E-state index in [1.165, 1.54) is 6.08 Å². The van der Waals surface area contributed by atoms with Crippen LogP contribution in [0.25, 0.3) is 6.08 Å². The van der Waals surface area contributed by atoms with Crippen molar-refractivity contribution in [2.75, 3.05) is 11.9 Å². The second-order valence-electron chi connectivity index (χ2n) is 7.35. The lowest BCUT2D eigenvalue weighted by atomic mass is 10.1. The van der Waals surface area contributed by atoms with Crippen molar-refractivity contribution in [2.45, 2.75) is 6.54 Å². The molecule has 35 heavy (non-hydrogen) atoms. The monoisotopic (exact) mass is 546 g/mol. The number of rotatable bonds is 7. The molecular weight excluding hydrogens is 531 g/mol. The van der Waals surface area contributed by atoms with Gasteiger partial charge in [0.25, 0.3) is 17.1 Å². The Labute approximate surface area is 220 Å². The zero-order valence-electron chi connectivity index (χ0n) is 18.0. The number of benzene rings is 3. The summed E-state index contributed by atoms with van der Waals surface area (Å²) >= 11 is 19.3. The Bertz CT molecular complexity index is 1310. The molecule has 0 aromatic heterocycles. The second-order valence-corrected chi connectivity index (χ2v) is 9.60. The van der Waals surface area contributed by atoms with Crippen LogP contribution in [0.5, 0.6) is 5.75 Å². The molecule has 3 amide bonds. The predicted molar refractivity (Wildman–Crippen MR) is 140 cm³/mol. The van der Waals surface area contributed by atoms with Gasteiger partial charge < -0.3 is 10.1 Å². The molecule has 1 N–H and O–H groups in total. The van der Waals surface area contributed by atoms with Crippen LogP contribution in [0.15, 0.2) is 71.6 Å². The van der Waals surface area contributed by atoms with Crippen LogP contribution in [-0.4, -0.2) is 28.6 Å². The Balaban J connectivity index is 1.51. The second kappa shape index (κ2) is 11.2. The summed E-state index contributed by atoms with van der Waals surface area (Å²) in [5.74, 6) is -0.517. The lowest BCUT2D eigenvalue weighted by Crippen LogP contribution is -2.27. The van der Waals surface area contributed by atoms with Gasteiger partial charge >= 0.3 is 0 Å². The summed E-state index contributed by atoms with van der Waals surface area (Å²) in [5, 5.41) is 3.40. The fraction of sp³-hybridized carbons (Fsp3) is 0.0800. The number of ether oxygens (including phenoxy) is 1. The summed E-state index contributed by atoms with van der Waals surface area (Å²) in [4.78, 5) is 39.1. The molecule has 1 aliphatic heterocycles. The van der Waals surface area contributed by atoms with E-state index < -0.39 is 11.1 Å². The maximum atomic E-state index is 13.0. The zero-order valence-corrected chi connectivity index (χ0v) is 21.0. The van der Waals surface area contributed by atoms with Gasteiger partial charge in [-0.1, -0.05) is 59.1 Å². The summed E-state index contributed by atoms with van der Waals surface area (Å²) in [7, 11) is 0. The van der Waals surface area contributed by atoms with Gasteiger partial charge in [0.2, 0.25) is 0 Å². The molecule has 1 aliphatic rings. The molecule has 0 saturated carbocycles. The van der Waals surface area contributed by atoms with Crippen molar-refractivity contribution in [2.24, 2.45) is 0 Å². The van der Waals surface area contributed by atoms with Crippen LogP contribution < -0.4 is 10.1 Å². The summed E-state index contributed by atoms with van der Waals surface area (Å²) < 4.78 is 5.68. The minimum absolute atomic E-state index is 0.0565. The lowest BCUT2D eigenvalue weighted by Gasteiger charge is -2.14. The van der Waals surface area contributed by atoms with Gasteiger partial charge in [-0.05, 0) is 60.3 Å². The van der Waals surface area contributed by atoms with E-state index in [4.69, 9.17) is 39.5 Å². The van der Waals surface area contributed by atoms with Crippen LogP contribution in [0.1, 0.15) is 11.1 Å². The van der Waals surface area contributed by atoms with Crippen molar-refractivity contribution in [3.8, 4) is 5.75 Å². The minimum atomic E-state index is -0.497. The molecule has 0 radical (unpaired) electrons. The van der Waals surface area contributed by atoms with Crippen molar-refractivity contribution in [3.05, 3.63) is 97.8 Å². The van der Waals surface area contributed by atoms with Gasteiger partial charge in [-0.25, -0.2) is 0 Å². The Morgan fingerprint density at radius 2 is 1.69 bits per heavy atom. The summed E-state index contributed by atoms with van der Waals surface area (Å²) in [6.45, 7) is -0.317. The Hall–Kier alpha value is -2.97. The highest BCUT2D eigenvalue weighted by Gasteiger charge is 2.36. The molecule has 10 heteroatoms. The van der Waals surface area contributed by atoms with E-state index in [0.717, 1.165) is 16.7 Å². The number of para-hydroxylation sites is 1. The van der Waals surface area contributed by atoms with E-state index in [1.807, 2.05) is 6.07 Å². The molecule has 1 heterocycles. The number of nitrogens with zero attached hydrogens (tertiary/aromatic N) is 1. The number of hydrogen-bond acceptors (Lipinski definition) is 5. The molecule has 4 rings (SSSR count). The lowest BCUT2D eigenvalue weighted by molar-refractivity contribution is -0.123. The quantitative estimate of drug-likeness (QED) is 0.326. The van der Waals surface area contributed by atoms with Gasteiger partial charge in [-0.3, -0.25) is 19.3 Å². The molecule has 6 nitrogen and oxygen atoms in total. The highest BCUT2D eigenvalue weighted by Crippen LogP contribution is 2.37. The SMILES string of the molecule is O=C(COc1ccc(Cl)cc1/C=C1\SC(=O)N(Cc2c(Cl)cccc2Cl)C1=O)Nc1ccccc1. The van der Waals surface area contributed by atoms with Crippen LogP contribution >= 0.6 is 46.6 Å². The minimum Gasteiger partial charge on any atom is -0.483 e. The van der Waals surface area contributed by atoms with Gasteiger partial charge in [-0.2, -0.15) is 0 Å². The molecule has 3 aromatic rings. The topological polar surface area (TPSA) is 75.7 Å². The fourth-order valence-corrected chi connectivity index (χ4v) is 4.77. The number of carbonyl (C=O) groups is 3. The van der Waals surface area contributed by atoms with E-state index in [0.29, 0.717) is 37.6 Å². The first-order valence-corrected chi connectivity index (χ1v) is 12.2. The van der Waals surface area contributed by atoms with E-state index >= 15 is 0 Å². The van der Waals surface area contributed by atoms with E-state index in [2.05, 4.69) is 5.32 Å². The van der Waals surface area contributed by atoms with E-state index in [-0.39, 0.29) is 24.0 Å². The zero-order chi connectivity index (χ0) is 24.9. The highest BCUT2D eigenvalue weighted by molar-refractivity contribution is 8.18. The van der Waals surface area contributed by atoms with Gasteiger partial charge in [0, 0.05) is 31.9 Å². The predicted octanol–water partition coefficient (Wildman–Crippen LogP) is 6.90. The van der Waals surface area contributed by atoms with Gasteiger partial charge in [0.05, 0.1) is 11.4 Å². The first-order valence-electron chi connectivity index (χ1n) is 10.3. The summed E-state index contributed by atoms with van der Waals surface area (Å²) in [5.41, 5.74) is 1.58. The number of amides is 3. The third kappa shape index (κ3) is 6.18. The molecule has 0 bridgehead atoms. The molecule has 3 aromatic carbocycles. The Morgan fingerprint density at radius 1 is 0.971 bits per heavy atom. The van der Waals surface area contributed by atoms with Crippen molar-refractivity contribution in [1.29, 1.82) is 0 Å². The maximum absolute atomic E-state index is 13.0. The smallest absolute Gasteiger partial charge is 0.293 e. The molecule has 1 fully saturated rings. The number of carbonyl (C=O) groups excluding carboxylic acids is 3. The average molecular weight is 548 g/mol. The standard InChI is InChI=1S/C25H17Cl3N2O4S/c26-16-9-10-21(34-14-23(31)29-17-5-2-1-3-6-17)15(11-16)12-22-24(32)30(25(33)35-22)13-18-19(27)7-4-8-20(18)28/h1-12H,13-14H2,(H,29,31)/b22-12-. The van der Waals surface area contributed by atoms with Gasteiger partial charge in [-0.15, -0.1) is 0 Å².